The molecule has 0 bridgehead atoms. The van der Waals surface area contributed by atoms with Gasteiger partial charge in [0.1, 0.15) is 11.6 Å². The number of rotatable bonds is 6. The average molecular weight is 612 g/mol. The molecule has 3 N–H and O–H groups in total. The number of carbonyl (C=O) groups excluding carboxylic acids is 2. The molecule has 12 heteroatoms. The number of nitriles is 1. The molecule has 1 aromatic heterocycles. The number of hydrogen-bond donors (Lipinski definition) is 2. The third-order valence-corrected chi connectivity index (χ3v) is 8.94. The fraction of sp³-hybridized carbons (Fsp3) is 0.192. The number of amides is 1. The molecular weight excluding hydrogens is 591 g/mol. The van der Waals surface area contributed by atoms with Crippen LogP contribution in [0.15, 0.2) is 80.0 Å². The Labute approximate surface area is 234 Å². The van der Waals surface area contributed by atoms with Gasteiger partial charge in [0, 0.05) is 27.9 Å². The molecule has 1 aliphatic heterocycles. The zero-order chi connectivity index (χ0) is 26.8. The number of nitrogens with zero attached hydrogens (tertiary/aromatic N) is 4. The lowest BCUT2D eigenvalue weighted by Crippen LogP contribution is -2.38. The molecule has 0 saturated carbocycles. The first-order chi connectivity index (χ1) is 18.4. The Morgan fingerprint density at radius 3 is 2.74 bits per heavy atom. The van der Waals surface area contributed by atoms with Crippen molar-refractivity contribution >= 4 is 61.5 Å². The summed E-state index contributed by atoms with van der Waals surface area (Å²) in [5, 5.41) is 21.8. The summed E-state index contributed by atoms with van der Waals surface area (Å²) in [4.78, 5) is 27.3. The third-order valence-electron chi connectivity index (χ3n) is 6.17. The minimum Gasteiger partial charge on any atom is -0.384 e. The van der Waals surface area contributed by atoms with Gasteiger partial charge in [-0.2, -0.15) is 5.26 Å². The number of aromatic nitrogens is 2. The second-order valence-corrected chi connectivity index (χ2v) is 11.6. The summed E-state index contributed by atoms with van der Waals surface area (Å²) in [6.45, 7) is 0. The molecule has 0 saturated heterocycles. The number of anilines is 2. The summed E-state index contributed by atoms with van der Waals surface area (Å²) in [6, 6.07) is 15.2. The highest BCUT2D eigenvalue weighted by atomic mass is 79.9. The lowest BCUT2D eigenvalue weighted by Gasteiger charge is -2.38. The standard InChI is InChI=1S/C26H20BrFN6O2S2/c27-18-5-2-1-4-16(18)22-17(12-29)24(30)34(19-6-3-7-20(35)23(19)22)25-32-33-26(38-25)37-13-21(36)31-15-10-8-14(28)9-11-15/h1-2,4-5,8-11,22H,3,6-7,13,30H2,(H,31,36). The Hall–Kier alpha value is -3.53. The zero-order valence-corrected chi connectivity index (χ0v) is 23.0. The molecule has 1 amide bonds. The van der Waals surface area contributed by atoms with Crippen molar-refractivity contribution in [2.45, 2.75) is 29.5 Å². The van der Waals surface area contributed by atoms with Gasteiger partial charge in [0.25, 0.3) is 0 Å². The van der Waals surface area contributed by atoms with E-state index in [0.717, 1.165) is 15.7 Å². The van der Waals surface area contributed by atoms with Gasteiger partial charge < -0.3 is 11.1 Å². The van der Waals surface area contributed by atoms with E-state index in [-0.39, 0.29) is 34.7 Å². The zero-order valence-electron chi connectivity index (χ0n) is 19.8. The summed E-state index contributed by atoms with van der Waals surface area (Å²) < 4.78 is 14.4. The van der Waals surface area contributed by atoms with Crippen LogP contribution in [0, 0.1) is 17.1 Å². The van der Waals surface area contributed by atoms with Crippen LogP contribution >= 0.6 is 39.0 Å². The molecule has 2 aromatic carbocycles. The van der Waals surface area contributed by atoms with E-state index in [2.05, 4.69) is 37.5 Å². The fourth-order valence-electron chi connectivity index (χ4n) is 4.53. The summed E-state index contributed by atoms with van der Waals surface area (Å²) in [5.41, 5.74) is 9.43. The number of halogens is 2. The first-order valence-electron chi connectivity index (χ1n) is 11.6. The summed E-state index contributed by atoms with van der Waals surface area (Å²) in [7, 11) is 0. The molecule has 1 atom stereocenters. The van der Waals surface area contributed by atoms with Gasteiger partial charge in [-0.3, -0.25) is 14.5 Å². The SMILES string of the molecule is N#CC1=C(N)N(c2nnc(SCC(=O)Nc3ccc(F)cc3)s2)C2=C(C(=O)CCC2)C1c1ccccc1Br. The maximum Gasteiger partial charge on any atom is 0.234 e. The maximum absolute atomic E-state index is 13.2. The number of allylic oxidation sites excluding steroid dienone is 3. The molecule has 192 valence electrons. The van der Waals surface area contributed by atoms with E-state index in [1.807, 2.05) is 24.3 Å². The highest BCUT2D eigenvalue weighted by molar-refractivity contribution is 9.10. The van der Waals surface area contributed by atoms with Crippen molar-refractivity contribution in [1.29, 1.82) is 5.26 Å². The smallest absolute Gasteiger partial charge is 0.234 e. The van der Waals surface area contributed by atoms with E-state index >= 15 is 0 Å². The Morgan fingerprint density at radius 1 is 1.24 bits per heavy atom. The highest BCUT2D eigenvalue weighted by Gasteiger charge is 2.41. The number of nitrogens with one attached hydrogen (secondary N) is 1. The van der Waals surface area contributed by atoms with Crippen molar-refractivity contribution in [1.82, 2.24) is 10.2 Å². The Morgan fingerprint density at radius 2 is 2.00 bits per heavy atom. The van der Waals surface area contributed by atoms with Gasteiger partial charge >= 0.3 is 0 Å². The summed E-state index contributed by atoms with van der Waals surface area (Å²) in [5.74, 6) is -0.979. The number of Topliss-reactive ketones (excluding diaryl/α,β-unsaturated/α-hetero) is 1. The van der Waals surface area contributed by atoms with Crippen molar-refractivity contribution in [2.75, 3.05) is 16.0 Å². The lowest BCUT2D eigenvalue weighted by atomic mass is 9.76. The minimum atomic E-state index is -0.577. The Kier molecular flexibility index (Phi) is 7.60. The molecule has 38 heavy (non-hydrogen) atoms. The Bertz CT molecular complexity index is 1530. The van der Waals surface area contributed by atoms with Crippen LogP contribution in [0.3, 0.4) is 0 Å². The normalized spacial score (nSPS) is 17.3. The van der Waals surface area contributed by atoms with E-state index in [1.165, 1.54) is 47.4 Å². The quantitative estimate of drug-likeness (QED) is 0.352. The largest absolute Gasteiger partial charge is 0.384 e. The van der Waals surface area contributed by atoms with Gasteiger partial charge in [-0.05, 0) is 48.7 Å². The lowest BCUT2D eigenvalue weighted by molar-refractivity contribution is -0.116. The highest BCUT2D eigenvalue weighted by Crippen LogP contribution is 2.48. The molecule has 5 rings (SSSR count). The van der Waals surface area contributed by atoms with Gasteiger partial charge in [-0.15, -0.1) is 10.2 Å². The molecular formula is C26H20BrFN6O2S2. The van der Waals surface area contributed by atoms with Crippen LogP contribution in [0.2, 0.25) is 0 Å². The topological polar surface area (TPSA) is 125 Å². The number of nitrogens with two attached hydrogens (primary N) is 1. The maximum atomic E-state index is 13.2. The number of carbonyl (C=O) groups is 2. The predicted molar refractivity (Wildman–Crippen MR) is 148 cm³/mol. The molecule has 0 radical (unpaired) electrons. The van der Waals surface area contributed by atoms with Crippen LogP contribution in [-0.2, 0) is 9.59 Å². The number of hydrogen-bond acceptors (Lipinski definition) is 9. The molecule has 0 spiro atoms. The van der Waals surface area contributed by atoms with Crippen LogP contribution in [0.1, 0.15) is 30.7 Å². The monoisotopic (exact) mass is 610 g/mol. The minimum absolute atomic E-state index is 0.0196. The van der Waals surface area contributed by atoms with Crippen LogP contribution in [0.5, 0.6) is 0 Å². The fourth-order valence-corrected chi connectivity index (χ4v) is 6.73. The van der Waals surface area contributed by atoms with Gasteiger partial charge in [-0.1, -0.05) is 57.2 Å². The second-order valence-electron chi connectivity index (χ2n) is 8.53. The van der Waals surface area contributed by atoms with Crippen molar-refractivity contribution in [2.24, 2.45) is 5.73 Å². The summed E-state index contributed by atoms with van der Waals surface area (Å²) in [6.07, 6.45) is 1.66. The van der Waals surface area contributed by atoms with Gasteiger partial charge in [-0.25, -0.2) is 4.39 Å². The molecule has 1 aliphatic carbocycles. The molecule has 1 unspecified atom stereocenters. The van der Waals surface area contributed by atoms with E-state index in [9.17, 15) is 19.2 Å². The van der Waals surface area contributed by atoms with Gasteiger partial charge in [0.2, 0.25) is 11.0 Å². The Balaban J connectivity index is 1.42. The number of ketones is 1. The van der Waals surface area contributed by atoms with Crippen molar-refractivity contribution in [3.8, 4) is 6.07 Å². The molecule has 3 aromatic rings. The van der Waals surface area contributed by atoms with Crippen LogP contribution in [0.25, 0.3) is 0 Å². The van der Waals surface area contributed by atoms with Gasteiger partial charge in [0.05, 0.1) is 23.3 Å². The second kappa shape index (κ2) is 11.1. The van der Waals surface area contributed by atoms with E-state index in [4.69, 9.17) is 5.73 Å². The molecule has 2 aliphatic rings. The van der Waals surface area contributed by atoms with E-state index in [0.29, 0.717) is 40.0 Å². The van der Waals surface area contributed by atoms with Gasteiger partial charge in [0.15, 0.2) is 10.1 Å². The third kappa shape index (κ3) is 5.09. The van der Waals surface area contributed by atoms with Crippen LogP contribution < -0.4 is 16.0 Å². The molecule has 0 fully saturated rings. The summed E-state index contributed by atoms with van der Waals surface area (Å²) >= 11 is 5.98. The predicted octanol–water partition coefficient (Wildman–Crippen LogP) is 5.48. The molecule has 2 heterocycles. The number of thioether (sulfide) groups is 1. The van der Waals surface area contributed by atoms with E-state index in [1.54, 1.807) is 4.90 Å². The first-order valence-corrected chi connectivity index (χ1v) is 14.2. The van der Waals surface area contributed by atoms with Crippen LogP contribution in [0.4, 0.5) is 15.2 Å². The average Bonchev–Trinajstić information content (AvgIpc) is 3.37. The molecule has 8 nitrogen and oxygen atoms in total. The first kappa shape index (κ1) is 26.1. The van der Waals surface area contributed by atoms with E-state index < -0.39 is 5.92 Å². The van der Waals surface area contributed by atoms with Crippen molar-refractivity contribution in [3.05, 3.63) is 87.0 Å². The van der Waals surface area contributed by atoms with Crippen LogP contribution in [-0.4, -0.2) is 27.6 Å². The number of benzene rings is 2. The van der Waals surface area contributed by atoms with Crippen molar-refractivity contribution < 1.29 is 14.0 Å². The van der Waals surface area contributed by atoms with Crippen molar-refractivity contribution in [3.63, 3.8) is 0 Å².